The maximum Gasteiger partial charge on any atom is 0.186 e. The van der Waals surface area contributed by atoms with Crippen molar-refractivity contribution >= 4 is 0 Å². The number of hydrogen-bond acceptors (Lipinski definition) is 15. The molecule has 1 saturated heterocycles. The van der Waals surface area contributed by atoms with Gasteiger partial charge in [0.25, 0.3) is 0 Å². The Labute approximate surface area is 176 Å². The molecule has 0 aromatic carbocycles. The van der Waals surface area contributed by atoms with E-state index >= 15 is 0 Å². The van der Waals surface area contributed by atoms with Crippen molar-refractivity contribution in [2.24, 2.45) is 17.2 Å². The van der Waals surface area contributed by atoms with Crippen LogP contribution in [0.1, 0.15) is 0 Å². The van der Waals surface area contributed by atoms with Gasteiger partial charge in [-0.1, -0.05) is 0 Å². The summed E-state index contributed by atoms with van der Waals surface area (Å²) in [5.74, 6) is -4.22. The SMILES string of the molecule is NC1(NCCOCCO)NC(N)(NCCOCCO)NC(N)(NCCOCCO)N1. The minimum atomic E-state index is -1.41. The van der Waals surface area contributed by atoms with Gasteiger partial charge in [0.1, 0.15) is 0 Å². The standard InChI is InChI=1S/C15H39N9O6/c16-13(19-1-7-28-10-4-25)22-14(17,20-2-8-29-11-5-26)24-15(18,23-13)21-3-9-30-12-6-27/h19-27H,1-12,16-18H2. The van der Waals surface area contributed by atoms with Gasteiger partial charge in [0.2, 0.25) is 0 Å². The Bertz CT molecular complexity index is 383. The Morgan fingerprint density at radius 1 is 0.533 bits per heavy atom. The maximum atomic E-state index is 8.77. The quantitative estimate of drug-likeness (QED) is 0.0699. The Morgan fingerprint density at radius 2 is 0.800 bits per heavy atom. The molecule has 0 unspecified atom stereocenters. The van der Waals surface area contributed by atoms with Crippen LogP contribution in [0.5, 0.6) is 0 Å². The van der Waals surface area contributed by atoms with E-state index in [2.05, 4.69) is 31.9 Å². The highest BCUT2D eigenvalue weighted by Crippen LogP contribution is 2.06. The van der Waals surface area contributed by atoms with Gasteiger partial charge in [-0.15, -0.1) is 0 Å². The molecule has 0 bridgehead atoms. The zero-order valence-electron chi connectivity index (χ0n) is 17.3. The van der Waals surface area contributed by atoms with Gasteiger partial charge in [0, 0.05) is 19.6 Å². The lowest BCUT2D eigenvalue weighted by Gasteiger charge is -2.54. The van der Waals surface area contributed by atoms with Gasteiger partial charge < -0.3 is 29.5 Å². The van der Waals surface area contributed by atoms with E-state index in [1.807, 2.05) is 0 Å². The van der Waals surface area contributed by atoms with Crippen LogP contribution in [-0.4, -0.2) is 112 Å². The van der Waals surface area contributed by atoms with Gasteiger partial charge in [-0.2, -0.15) is 0 Å². The van der Waals surface area contributed by atoms with Crippen LogP contribution in [0.3, 0.4) is 0 Å². The predicted octanol–water partition coefficient (Wildman–Crippen LogP) is -6.73. The fourth-order valence-corrected chi connectivity index (χ4v) is 2.75. The van der Waals surface area contributed by atoms with Crippen LogP contribution in [0, 0.1) is 0 Å². The molecule has 1 rings (SSSR count). The summed E-state index contributed by atoms with van der Waals surface area (Å²) in [6.45, 7) is 2.34. The van der Waals surface area contributed by atoms with Crippen molar-refractivity contribution in [3.8, 4) is 0 Å². The van der Waals surface area contributed by atoms with Crippen LogP contribution in [0.2, 0.25) is 0 Å². The van der Waals surface area contributed by atoms with E-state index in [0.29, 0.717) is 39.5 Å². The monoisotopic (exact) mass is 441 g/mol. The van der Waals surface area contributed by atoms with Crippen LogP contribution in [0.4, 0.5) is 0 Å². The minimum Gasteiger partial charge on any atom is -0.394 e. The molecule has 15 N–H and O–H groups in total. The van der Waals surface area contributed by atoms with Crippen molar-refractivity contribution in [2.75, 3.05) is 79.1 Å². The molecule has 0 saturated carbocycles. The van der Waals surface area contributed by atoms with Gasteiger partial charge >= 0.3 is 0 Å². The van der Waals surface area contributed by atoms with Crippen LogP contribution in [0.25, 0.3) is 0 Å². The molecule has 1 aliphatic rings. The third kappa shape index (κ3) is 11.1. The molecule has 0 spiro atoms. The van der Waals surface area contributed by atoms with Crippen LogP contribution in [-0.2, 0) is 14.2 Å². The van der Waals surface area contributed by atoms with Gasteiger partial charge in [-0.3, -0.25) is 33.2 Å². The number of hydrogen-bond donors (Lipinski definition) is 12. The summed E-state index contributed by atoms with van der Waals surface area (Å²) in [5.41, 5.74) is 19.1. The third-order valence-corrected chi connectivity index (χ3v) is 3.84. The second-order valence-corrected chi connectivity index (χ2v) is 6.59. The molecule has 0 radical (unpaired) electrons. The molecule has 15 heteroatoms. The highest BCUT2D eigenvalue weighted by atomic mass is 16.5. The van der Waals surface area contributed by atoms with Crippen molar-refractivity contribution in [1.82, 2.24) is 31.9 Å². The van der Waals surface area contributed by atoms with E-state index in [-0.39, 0.29) is 39.6 Å². The summed E-state index contributed by atoms with van der Waals surface area (Å²) >= 11 is 0. The summed E-state index contributed by atoms with van der Waals surface area (Å²) in [6, 6.07) is 0. The third-order valence-electron chi connectivity index (χ3n) is 3.84. The lowest BCUT2D eigenvalue weighted by molar-refractivity contribution is -0.0585. The summed E-state index contributed by atoms with van der Waals surface area (Å²) in [4.78, 5) is 0. The Hall–Kier alpha value is -0.600. The van der Waals surface area contributed by atoms with Crippen molar-refractivity contribution in [1.29, 1.82) is 0 Å². The topological polar surface area (TPSA) is 239 Å². The molecule has 0 aromatic rings. The highest BCUT2D eigenvalue weighted by Gasteiger charge is 2.49. The lowest BCUT2D eigenvalue weighted by atomic mass is 10.3. The molecule has 1 heterocycles. The lowest BCUT2D eigenvalue weighted by Crippen LogP contribution is -2.99. The van der Waals surface area contributed by atoms with Gasteiger partial charge in [-0.25, -0.2) is 16.0 Å². The molecular weight excluding hydrogens is 402 g/mol. The van der Waals surface area contributed by atoms with Crippen LogP contribution >= 0.6 is 0 Å². The predicted molar refractivity (Wildman–Crippen MR) is 108 cm³/mol. The van der Waals surface area contributed by atoms with Crippen molar-refractivity contribution in [3.63, 3.8) is 0 Å². The van der Waals surface area contributed by atoms with E-state index in [9.17, 15) is 0 Å². The van der Waals surface area contributed by atoms with Gasteiger partial charge in [0.15, 0.2) is 17.7 Å². The van der Waals surface area contributed by atoms with Crippen molar-refractivity contribution < 1.29 is 29.5 Å². The Kier molecular flexibility index (Phi) is 13.2. The molecule has 180 valence electrons. The zero-order valence-corrected chi connectivity index (χ0v) is 17.3. The zero-order chi connectivity index (χ0) is 22.3. The summed E-state index contributed by atoms with van der Waals surface area (Å²) < 4.78 is 15.7. The number of aliphatic hydroxyl groups is 3. The normalized spacial score (nSPS) is 29.4. The molecule has 0 aromatic heterocycles. The van der Waals surface area contributed by atoms with E-state index < -0.39 is 17.7 Å². The molecule has 1 aliphatic heterocycles. The number of rotatable bonds is 18. The average molecular weight is 442 g/mol. The number of nitrogens with two attached hydrogens (primary N) is 3. The van der Waals surface area contributed by atoms with E-state index in [1.54, 1.807) is 0 Å². The summed E-state index contributed by atoms with van der Waals surface area (Å²) in [6.07, 6.45) is 0. The smallest absolute Gasteiger partial charge is 0.186 e. The molecule has 30 heavy (non-hydrogen) atoms. The second-order valence-electron chi connectivity index (χ2n) is 6.59. The molecule has 1 fully saturated rings. The maximum absolute atomic E-state index is 8.77. The van der Waals surface area contributed by atoms with Crippen LogP contribution < -0.4 is 49.1 Å². The highest BCUT2D eigenvalue weighted by molar-refractivity contribution is 4.99. The molecule has 15 nitrogen and oxygen atoms in total. The fraction of sp³-hybridized carbons (Fsp3) is 1.00. The number of ether oxygens (including phenoxy) is 3. The van der Waals surface area contributed by atoms with Crippen molar-refractivity contribution in [2.45, 2.75) is 17.7 Å². The first-order valence-electron chi connectivity index (χ1n) is 9.86. The first kappa shape index (κ1) is 27.4. The van der Waals surface area contributed by atoms with Gasteiger partial charge in [0.05, 0.1) is 59.5 Å². The fourth-order valence-electron chi connectivity index (χ4n) is 2.75. The Balaban J connectivity index is 2.69. The summed E-state index contributed by atoms with van der Waals surface area (Å²) in [5, 5.41) is 44.3. The number of nitrogens with one attached hydrogen (secondary N) is 6. The number of aliphatic hydroxyl groups excluding tert-OH is 3. The molecule has 0 amide bonds. The molecular formula is C15H39N9O6. The van der Waals surface area contributed by atoms with Crippen molar-refractivity contribution in [3.05, 3.63) is 0 Å². The molecule has 0 aliphatic carbocycles. The average Bonchev–Trinajstić information content (AvgIpc) is 2.66. The van der Waals surface area contributed by atoms with E-state index in [0.717, 1.165) is 0 Å². The van der Waals surface area contributed by atoms with E-state index in [4.69, 9.17) is 46.7 Å². The minimum absolute atomic E-state index is 0.0729. The van der Waals surface area contributed by atoms with E-state index in [1.165, 1.54) is 0 Å². The van der Waals surface area contributed by atoms with Crippen LogP contribution in [0.15, 0.2) is 0 Å². The summed E-state index contributed by atoms with van der Waals surface area (Å²) in [7, 11) is 0. The van der Waals surface area contributed by atoms with Gasteiger partial charge in [-0.05, 0) is 0 Å². The first-order valence-corrected chi connectivity index (χ1v) is 9.86. The Morgan fingerprint density at radius 3 is 1.03 bits per heavy atom. The second kappa shape index (κ2) is 14.5. The first-order chi connectivity index (χ1) is 14.3. The largest absolute Gasteiger partial charge is 0.394 e. The molecule has 0 atom stereocenters.